The Kier molecular flexibility index (Phi) is 6.15. The van der Waals surface area contributed by atoms with E-state index in [0.717, 1.165) is 11.1 Å². The minimum absolute atomic E-state index is 0.0427. The van der Waals surface area contributed by atoms with E-state index in [1.807, 2.05) is 37.3 Å². The quantitative estimate of drug-likeness (QED) is 0.672. The third-order valence-corrected chi connectivity index (χ3v) is 4.28. The fourth-order valence-electron chi connectivity index (χ4n) is 2.73. The van der Waals surface area contributed by atoms with E-state index < -0.39 is 0 Å². The molecule has 4 nitrogen and oxygen atoms in total. The van der Waals surface area contributed by atoms with Gasteiger partial charge < -0.3 is 10.2 Å². The molecule has 3 aromatic rings. The highest BCUT2D eigenvalue weighted by molar-refractivity contribution is 5.94. The summed E-state index contributed by atoms with van der Waals surface area (Å²) in [5.41, 5.74) is 2.61. The molecule has 0 saturated carbocycles. The van der Waals surface area contributed by atoms with Gasteiger partial charge in [-0.1, -0.05) is 42.5 Å². The number of pyridine rings is 1. The SMILES string of the molecule is CCN(Cc1ccccc1)C(=O)c1ccc(NCc2ccc(F)cc2)nc1. The lowest BCUT2D eigenvalue weighted by Crippen LogP contribution is -2.30. The van der Waals surface area contributed by atoms with Gasteiger partial charge in [0.15, 0.2) is 0 Å². The molecule has 1 aromatic heterocycles. The van der Waals surface area contributed by atoms with Crippen LogP contribution in [0.3, 0.4) is 0 Å². The van der Waals surface area contributed by atoms with Crippen LogP contribution >= 0.6 is 0 Å². The first-order valence-electron chi connectivity index (χ1n) is 8.93. The summed E-state index contributed by atoms with van der Waals surface area (Å²) in [4.78, 5) is 18.8. The first-order chi connectivity index (χ1) is 13.2. The molecule has 0 unspecified atom stereocenters. The van der Waals surface area contributed by atoms with Gasteiger partial charge in [0.2, 0.25) is 0 Å². The molecule has 1 amide bonds. The Morgan fingerprint density at radius 3 is 2.37 bits per heavy atom. The van der Waals surface area contributed by atoms with Crippen molar-refractivity contribution in [2.75, 3.05) is 11.9 Å². The van der Waals surface area contributed by atoms with E-state index in [4.69, 9.17) is 0 Å². The molecule has 0 aliphatic heterocycles. The molecule has 1 N–H and O–H groups in total. The van der Waals surface area contributed by atoms with Crippen molar-refractivity contribution in [3.63, 3.8) is 0 Å². The van der Waals surface area contributed by atoms with Gasteiger partial charge in [-0.15, -0.1) is 0 Å². The number of carbonyl (C=O) groups is 1. The molecule has 0 spiro atoms. The van der Waals surface area contributed by atoms with Crippen molar-refractivity contribution in [3.8, 4) is 0 Å². The topological polar surface area (TPSA) is 45.2 Å². The van der Waals surface area contributed by atoms with E-state index in [2.05, 4.69) is 10.3 Å². The maximum atomic E-state index is 12.9. The first-order valence-corrected chi connectivity index (χ1v) is 8.93. The second kappa shape index (κ2) is 8.94. The highest BCUT2D eigenvalue weighted by Gasteiger charge is 2.15. The van der Waals surface area contributed by atoms with Gasteiger partial charge in [-0.05, 0) is 42.3 Å². The van der Waals surface area contributed by atoms with Crippen molar-refractivity contribution in [1.82, 2.24) is 9.88 Å². The van der Waals surface area contributed by atoms with Crippen LogP contribution in [0.25, 0.3) is 0 Å². The fraction of sp³-hybridized carbons (Fsp3) is 0.182. The minimum atomic E-state index is -0.254. The number of halogens is 1. The van der Waals surface area contributed by atoms with Gasteiger partial charge in [0.1, 0.15) is 11.6 Å². The Bertz CT molecular complexity index is 864. The highest BCUT2D eigenvalue weighted by atomic mass is 19.1. The number of hydrogen-bond acceptors (Lipinski definition) is 3. The predicted octanol–water partition coefficient (Wildman–Crippen LogP) is 4.50. The monoisotopic (exact) mass is 363 g/mol. The van der Waals surface area contributed by atoms with Crippen molar-refractivity contribution >= 4 is 11.7 Å². The zero-order valence-corrected chi connectivity index (χ0v) is 15.2. The van der Waals surface area contributed by atoms with Crippen LogP contribution in [0, 0.1) is 5.82 Å². The van der Waals surface area contributed by atoms with Gasteiger partial charge >= 0.3 is 0 Å². The Balaban J connectivity index is 1.61. The van der Waals surface area contributed by atoms with Crippen LogP contribution in [-0.2, 0) is 13.1 Å². The summed E-state index contributed by atoms with van der Waals surface area (Å²) in [6, 6.07) is 19.8. The molecule has 0 bridgehead atoms. The summed E-state index contributed by atoms with van der Waals surface area (Å²) in [7, 11) is 0. The largest absolute Gasteiger partial charge is 0.366 e. The Hall–Kier alpha value is -3.21. The fourth-order valence-corrected chi connectivity index (χ4v) is 2.73. The number of nitrogens with one attached hydrogen (secondary N) is 1. The molecule has 0 radical (unpaired) electrons. The summed E-state index contributed by atoms with van der Waals surface area (Å²) in [6.45, 7) is 3.70. The standard InChI is InChI=1S/C22H22FN3O/c1-2-26(16-18-6-4-3-5-7-18)22(27)19-10-13-21(25-15-19)24-14-17-8-11-20(23)12-9-17/h3-13,15H,2,14,16H2,1H3,(H,24,25). The minimum Gasteiger partial charge on any atom is -0.366 e. The van der Waals surface area contributed by atoms with Crippen LogP contribution in [0.1, 0.15) is 28.4 Å². The Labute approximate surface area is 158 Å². The zero-order chi connectivity index (χ0) is 19.1. The average molecular weight is 363 g/mol. The number of amides is 1. The average Bonchev–Trinajstić information content (AvgIpc) is 2.72. The molecule has 0 fully saturated rings. The summed E-state index contributed by atoms with van der Waals surface area (Å²) in [5.74, 6) is 0.372. The van der Waals surface area contributed by atoms with Gasteiger partial charge in [-0.25, -0.2) is 9.37 Å². The summed E-state index contributed by atoms with van der Waals surface area (Å²) in [6.07, 6.45) is 1.59. The number of rotatable bonds is 7. The van der Waals surface area contributed by atoms with Gasteiger partial charge in [-0.2, -0.15) is 0 Å². The number of carbonyl (C=O) groups excluding carboxylic acids is 1. The molecule has 0 aliphatic rings. The van der Waals surface area contributed by atoms with Crippen molar-refractivity contribution in [2.45, 2.75) is 20.0 Å². The molecule has 27 heavy (non-hydrogen) atoms. The van der Waals surface area contributed by atoms with Crippen LogP contribution < -0.4 is 5.32 Å². The lowest BCUT2D eigenvalue weighted by atomic mass is 10.2. The first kappa shape index (κ1) is 18.6. The summed E-state index contributed by atoms with van der Waals surface area (Å²) < 4.78 is 12.9. The van der Waals surface area contributed by atoms with Crippen LogP contribution in [0.5, 0.6) is 0 Å². The normalized spacial score (nSPS) is 10.4. The van der Waals surface area contributed by atoms with Crippen LogP contribution in [0.15, 0.2) is 72.9 Å². The van der Waals surface area contributed by atoms with Gasteiger partial charge in [0.25, 0.3) is 5.91 Å². The van der Waals surface area contributed by atoms with Crippen molar-refractivity contribution in [1.29, 1.82) is 0 Å². The summed E-state index contributed by atoms with van der Waals surface area (Å²) >= 11 is 0. The third-order valence-electron chi connectivity index (χ3n) is 4.28. The lowest BCUT2D eigenvalue weighted by Gasteiger charge is -2.21. The molecule has 0 atom stereocenters. The molecule has 1 heterocycles. The van der Waals surface area contributed by atoms with E-state index in [1.165, 1.54) is 12.1 Å². The molecular formula is C22H22FN3O. The maximum absolute atomic E-state index is 12.9. The molecule has 2 aromatic carbocycles. The van der Waals surface area contributed by atoms with Crippen LogP contribution in [0.4, 0.5) is 10.2 Å². The smallest absolute Gasteiger partial charge is 0.255 e. The number of aromatic nitrogens is 1. The van der Waals surface area contributed by atoms with E-state index in [1.54, 1.807) is 35.4 Å². The predicted molar refractivity (Wildman–Crippen MR) is 105 cm³/mol. The number of anilines is 1. The van der Waals surface area contributed by atoms with Gasteiger partial charge in [-0.3, -0.25) is 4.79 Å². The van der Waals surface area contributed by atoms with E-state index in [9.17, 15) is 9.18 Å². The molecule has 3 rings (SSSR count). The molecule has 0 aliphatic carbocycles. The van der Waals surface area contributed by atoms with E-state index >= 15 is 0 Å². The maximum Gasteiger partial charge on any atom is 0.255 e. The lowest BCUT2D eigenvalue weighted by molar-refractivity contribution is 0.0752. The molecule has 0 saturated heterocycles. The van der Waals surface area contributed by atoms with E-state index in [0.29, 0.717) is 31.0 Å². The van der Waals surface area contributed by atoms with Crippen molar-refractivity contribution < 1.29 is 9.18 Å². The van der Waals surface area contributed by atoms with E-state index in [-0.39, 0.29) is 11.7 Å². The van der Waals surface area contributed by atoms with Crippen LogP contribution in [-0.4, -0.2) is 22.3 Å². The number of nitrogens with zero attached hydrogens (tertiary/aromatic N) is 2. The molecule has 5 heteroatoms. The Morgan fingerprint density at radius 1 is 1.00 bits per heavy atom. The third kappa shape index (κ3) is 5.14. The second-order valence-corrected chi connectivity index (χ2v) is 6.22. The Morgan fingerprint density at radius 2 is 1.74 bits per heavy atom. The van der Waals surface area contributed by atoms with Crippen LogP contribution in [0.2, 0.25) is 0 Å². The zero-order valence-electron chi connectivity index (χ0n) is 15.2. The highest BCUT2D eigenvalue weighted by Crippen LogP contribution is 2.12. The van der Waals surface area contributed by atoms with Gasteiger partial charge in [0.05, 0.1) is 5.56 Å². The van der Waals surface area contributed by atoms with Gasteiger partial charge in [0, 0.05) is 25.8 Å². The molecule has 138 valence electrons. The number of hydrogen-bond donors (Lipinski definition) is 1. The second-order valence-electron chi connectivity index (χ2n) is 6.22. The van der Waals surface area contributed by atoms with Crippen molar-refractivity contribution in [3.05, 3.63) is 95.4 Å². The summed E-state index contributed by atoms with van der Waals surface area (Å²) in [5, 5.41) is 3.17. The molecular weight excluding hydrogens is 341 g/mol. The van der Waals surface area contributed by atoms with Crippen molar-refractivity contribution in [2.24, 2.45) is 0 Å². The number of benzene rings is 2.